The van der Waals surface area contributed by atoms with E-state index in [0.29, 0.717) is 35.0 Å². The van der Waals surface area contributed by atoms with Gasteiger partial charge in [-0.05, 0) is 50.6 Å². The van der Waals surface area contributed by atoms with Gasteiger partial charge in [0.05, 0.1) is 24.8 Å². The number of nitrogens with zero attached hydrogens (tertiary/aromatic N) is 2. The summed E-state index contributed by atoms with van der Waals surface area (Å²) in [6, 6.07) is 6.34. The Bertz CT molecular complexity index is 1320. The molecule has 1 fully saturated rings. The summed E-state index contributed by atoms with van der Waals surface area (Å²) in [5, 5.41) is 7.95. The highest BCUT2D eigenvalue weighted by atomic mass is 35.5. The van der Waals surface area contributed by atoms with E-state index < -0.39 is 6.04 Å². The Balaban J connectivity index is 1.33. The summed E-state index contributed by atoms with van der Waals surface area (Å²) in [6.45, 7) is 1.69. The first-order valence-electron chi connectivity index (χ1n) is 12.0. The smallest absolute Gasteiger partial charge is 0.308 e. The number of aromatic amines is 1. The molecule has 9 nitrogen and oxygen atoms in total. The number of rotatable bonds is 5. The van der Waals surface area contributed by atoms with Crippen LogP contribution < -0.4 is 10.6 Å². The van der Waals surface area contributed by atoms with Crippen LogP contribution in [0.15, 0.2) is 24.3 Å². The summed E-state index contributed by atoms with van der Waals surface area (Å²) in [7, 11) is 3.41. The number of hydrogen-bond acceptors (Lipinski definition) is 7. The van der Waals surface area contributed by atoms with Gasteiger partial charge in [0, 0.05) is 46.4 Å². The molecule has 1 aliphatic carbocycles. The van der Waals surface area contributed by atoms with Crippen LogP contribution in [0.25, 0.3) is 10.9 Å². The lowest BCUT2D eigenvalue weighted by molar-refractivity contribution is -0.146. The van der Waals surface area contributed by atoms with E-state index in [4.69, 9.17) is 16.3 Å². The monoisotopic (exact) mass is 529 g/mol. The molecule has 190 valence electrons. The third-order valence-electron chi connectivity index (χ3n) is 6.96. The number of thiazole rings is 1. The highest BCUT2D eigenvalue weighted by Crippen LogP contribution is 2.29. The molecule has 3 heterocycles. The summed E-state index contributed by atoms with van der Waals surface area (Å²) in [5.74, 6) is -1.22. The Morgan fingerprint density at radius 3 is 2.78 bits per heavy atom. The van der Waals surface area contributed by atoms with Crippen LogP contribution in [0, 0.1) is 5.92 Å². The molecule has 2 unspecified atom stereocenters. The number of likely N-dealkylation sites (N-methyl/N-ethyl adjacent to an activating group) is 1. The average Bonchev–Trinajstić information content (AvgIpc) is 3.48. The molecule has 36 heavy (non-hydrogen) atoms. The zero-order valence-electron chi connectivity index (χ0n) is 20.1. The van der Waals surface area contributed by atoms with Gasteiger partial charge in [-0.1, -0.05) is 11.6 Å². The fourth-order valence-corrected chi connectivity index (χ4v) is 6.28. The lowest BCUT2D eigenvalue weighted by atomic mass is 9.82. The lowest BCUT2D eigenvalue weighted by Gasteiger charge is -2.35. The van der Waals surface area contributed by atoms with E-state index in [1.54, 1.807) is 18.2 Å². The molecule has 5 rings (SSSR count). The first-order chi connectivity index (χ1) is 17.3. The number of benzene rings is 1. The second kappa shape index (κ2) is 10.2. The van der Waals surface area contributed by atoms with E-state index >= 15 is 0 Å². The zero-order chi connectivity index (χ0) is 25.4. The zero-order valence-corrected chi connectivity index (χ0v) is 21.7. The van der Waals surface area contributed by atoms with Gasteiger partial charge < -0.3 is 25.3 Å². The van der Waals surface area contributed by atoms with E-state index in [-0.39, 0.29) is 29.7 Å². The van der Waals surface area contributed by atoms with Crippen LogP contribution in [0.2, 0.25) is 5.02 Å². The third kappa shape index (κ3) is 5.11. The molecule has 1 aromatic carbocycles. The molecule has 0 bridgehead atoms. The Kier molecular flexibility index (Phi) is 7.00. The van der Waals surface area contributed by atoms with E-state index in [0.717, 1.165) is 41.0 Å². The van der Waals surface area contributed by atoms with Gasteiger partial charge in [-0.2, -0.15) is 0 Å². The Morgan fingerprint density at radius 2 is 1.97 bits per heavy atom. The number of hydrogen-bond donors (Lipinski definition) is 3. The molecule has 1 saturated carbocycles. The van der Waals surface area contributed by atoms with Crippen molar-refractivity contribution in [2.45, 2.75) is 44.3 Å². The predicted octanol–water partition coefficient (Wildman–Crippen LogP) is 3.14. The second-order valence-electron chi connectivity index (χ2n) is 9.48. The molecule has 0 saturated heterocycles. The topological polar surface area (TPSA) is 116 Å². The first kappa shape index (κ1) is 24.7. The number of amides is 2. The molecule has 0 radical (unpaired) electrons. The number of fused-ring (bicyclic) bond motifs is 2. The maximum Gasteiger partial charge on any atom is 0.308 e. The van der Waals surface area contributed by atoms with Crippen LogP contribution in [0.4, 0.5) is 0 Å². The van der Waals surface area contributed by atoms with Crippen LogP contribution in [0.3, 0.4) is 0 Å². The summed E-state index contributed by atoms with van der Waals surface area (Å²) >= 11 is 7.48. The summed E-state index contributed by atoms with van der Waals surface area (Å²) in [5.41, 5.74) is 2.19. The molecule has 3 atom stereocenters. The maximum atomic E-state index is 13.2. The Morgan fingerprint density at radius 1 is 1.17 bits per heavy atom. The quantitative estimate of drug-likeness (QED) is 0.437. The third-order valence-corrected chi connectivity index (χ3v) is 8.28. The van der Waals surface area contributed by atoms with Gasteiger partial charge in [0.25, 0.3) is 11.8 Å². The van der Waals surface area contributed by atoms with Crippen molar-refractivity contribution >= 4 is 51.6 Å². The molecule has 2 aromatic heterocycles. The van der Waals surface area contributed by atoms with Crippen molar-refractivity contribution in [2.75, 3.05) is 20.7 Å². The minimum Gasteiger partial charge on any atom is -0.469 e. The number of aromatic nitrogens is 2. The van der Waals surface area contributed by atoms with Gasteiger partial charge in [-0.15, -0.1) is 11.3 Å². The minimum atomic E-state index is -0.443. The number of ether oxygens (including phenoxy) is 1. The number of esters is 1. The van der Waals surface area contributed by atoms with Crippen molar-refractivity contribution in [2.24, 2.45) is 5.92 Å². The predicted molar refractivity (Wildman–Crippen MR) is 137 cm³/mol. The highest BCUT2D eigenvalue weighted by molar-refractivity contribution is 7.13. The fourth-order valence-electron chi connectivity index (χ4n) is 5.01. The van der Waals surface area contributed by atoms with Crippen LogP contribution in [0.1, 0.15) is 50.1 Å². The van der Waals surface area contributed by atoms with Gasteiger partial charge >= 0.3 is 5.97 Å². The maximum absolute atomic E-state index is 13.2. The van der Waals surface area contributed by atoms with Gasteiger partial charge in [-0.25, -0.2) is 4.98 Å². The molecular weight excluding hydrogens is 502 g/mol. The van der Waals surface area contributed by atoms with Crippen molar-refractivity contribution < 1.29 is 19.1 Å². The number of H-pyrrole nitrogens is 1. The molecule has 3 N–H and O–H groups in total. The van der Waals surface area contributed by atoms with Crippen molar-refractivity contribution in [3.05, 3.63) is 50.6 Å². The van der Waals surface area contributed by atoms with E-state index in [2.05, 4.69) is 25.5 Å². The normalized spacial score (nSPS) is 22.1. The number of halogens is 1. The average molecular weight is 530 g/mol. The molecule has 1 aliphatic heterocycles. The standard InChI is InChI=1S/C25H28ClN5O4S/c1-31-8-7-18-21(12-31)36-24(30-18)23(33)29-19-10-13(25(34)35-2)3-5-17(19)28-22(32)20-11-14-9-15(26)4-6-16(14)27-20/h4,6,9,11,13,17,19,27H,3,5,7-8,10,12H2,1-2H3,(H,28,32)(H,29,33)/t13-,17?,19?/m0/s1. The SMILES string of the molecule is COC(=O)[C@H]1CCC(NC(=O)c2cc3cc(Cl)ccc3[nH]2)C(NC(=O)c2nc3c(s2)CN(C)CC3)C1. The van der Waals surface area contributed by atoms with Gasteiger partial charge in [0.2, 0.25) is 0 Å². The van der Waals surface area contributed by atoms with Crippen LogP contribution >= 0.6 is 22.9 Å². The van der Waals surface area contributed by atoms with E-state index in [9.17, 15) is 14.4 Å². The number of carbonyl (C=O) groups is 3. The largest absolute Gasteiger partial charge is 0.469 e. The van der Waals surface area contributed by atoms with E-state index in [1.165, 1.54) is 18.4 Å². The number of methoxy groups -OCH3 is 1. The van der Waals surface area contributed by atoms with Crippen molar-refractivity contribution in [1.29, 1.82) is 0 Å². The summed E-state index contributed by atoms with van der Waals surface area (Å²) in [4.78, 5) is 49.5. The summed E-state index contributed by atoms with van der Waals surface area (Å²) in [6.07, 6.45) is 2.28. The first-order valence-corrected chi connectivity index (χ1v) is 13.1. The van der Waals surface area contributed by atoms with Crippen LogP contribution in [-0.2, 0) is 22.5 Å². The lowest BCUT2D eigenvalue weighted by Crippen LogP contribution is -2.55. The Labute approximate surface area is 217 Å². The molecule has 11 heteroatoms. The van der Waals surface area contributed by atoms with Crippen molar-refractivity contribution in [3.8, 4) is 0 Å². The molecule has 0 spiro atoms. The number of carbonyl (C=O) groups excluding carboxylic acids is 3. The second-order valence-corrected chi connectivity index (χ2v) is 11.0. The minimum absolute atomic E-state index is 0.282. The molecular formula is C25H28ClN5O4S. The van der Waals surface area contributed by atoms with E-state index in [1.807, 2.05) is 13.1 Å². The molecule has 2 aliphatic rings. The van der Waals surface area contributed by atoms with Crippen molar-refractivity contribution in [3.63, 3.8) is 0 Å². The van der Waals surface area contributed by atoms with Crippen LogP contribution in [0.5, 0.6) is 0 Å². The Hall–Kier alpha value is -2.95. The summed E-state index contributed by atoms with van der Waals surface area (Å²) < 4.78 is 4.95. The number of nitrogens with one attached hydrogen (secondary N) is 3. The molecule has 2 amide bonds. The highest BCUT2D eigenvalue weighted by Gasteiger charge is 2.37. The van der Waals surface area contributed by atoms with Gasteiger partial charge in [-0.3, -0.25) is 14.4 Å². The van der Waals surface area contributed by atoms with Crippen LogP contribution in [-0.4, -0.2) is 65.4 Å². The van der Waals surface area contributed by atoms with Gasteiger partial charge in [0.1, 0.15) is 5.69 Å². The molecule has 3 aromatic rings. The van der Waals surface area contributed by atoms with Gasteiger partial charge in [0.15, 0.2) is 5.01 Å². The van der Waals surface area contributed by atoms with Crippen molar-refractivity contribution in [1.82, 2.24) is 25.5 Å². The fraction of sp³-hybridized carbons (Fsp3) is 0.440.